The van der Waals surface area contributed by atoms with Gasteiger partial charge in [-0.3, -0.25) is 4.79 Å². The molecule has 2 atom stereocenters. The summed E-state index contributed by atoms with van der Waals surface area (Å²) in [6, 6.07) is 4.18. The Morgan fingerprint density at radius 2 is 1.73 bits per heavy atom. The molecule has 116 valence electrons. The Morgan fingerprint density at radius 1 is 1.09 bits per heavy atom. The van der Waals surface area contributed by atoms with Crippen molar-refractivity contribution in [3.8, 4) is 0 Å². The summed E-state index contributed by atoms with van der Waals surface area (Å²) in [5.74, 6) is -4.50. The highest BCUT2D eigenvalue weighted by Crippen LogP contribution is 2.27. The van der Waals surface area contributed by atoms with Gasteiger partial charge >= 0.3 is 0 Å². The lowest BCUT2D eigenvalue weighted by Crippen LogP contribution is -2.41. The van der Waals surface area contributed by atoms with E-state index in [0.717, 1.165) is 0 Å². The van der Waals surface area contributed by atoms with E-state index in [-0.39, 0.29) is 12.0 Å². The zero-order valence-electron chi connectivity index (χ0n) is 12.0. The Bertz CT molecular complexity index is 650. The van der Waals surface area contributed by atoms with Crippen LogP contribution in [0.4, 0.5) is 5.69 Å². The topological polar surface area (TPSA) is 109 Å². The summed E-state index contributed by atoms with van der Waals surface area (Å²) in [5.41, 5.74) is 1.02. The lowest BCUT2D eigenvalue weighted by atomic mass is 9.82. The average Bonchev–Trinajstić information content (AvgIpc) is 2.48. The first-order valence-electron chi connectivity index (χ1n) is 6.89. The maximum atomic E-state index is 12.3. The Balaban J connectivity index is 2.16. The molecule has 0 saturated heterocycles. The summed E-state index contributed by atoms with van der Waals surface area (Å²) >= 11 is 0. The van der Waals surface area contributed by atoms with Gasteiger partial charge in [-0.15, -0.1) is 0 Å². The third kappa shape index (κ3) is 3.33. The number of allylic oxidation sites excluding steroid dienone is 2. The fraction of sp³-hybridized carbons (Fsp3) is 0.312. The number of anilines is 1. The number of aryl methyl sites for hydroxylation is 1. The van der Waals surface area contributed by atoms with Crippen molar-refractivity contribution in [3.05, 3.63) is 41.5 Å². The molecule has 0 heterocycles. The van der Waals surface area contributed by atoms with E-state index in [4.69, 9.17) is 0 Å². The van der Waals surface area contributed by atoms with Gasteiger partial charge in [-0.25, -0.2) is 0 Å². The second-order valence-electron chi connectivity index (χ2n) is 5.28. The second-order valence-corrected chi connectivity index (χ2v) is 5.28. The monoisotopic (exact) mass is 301 g/mol. The third-order valence-corrected chi connectivity index (χ3v) is 3.79. The molecule has 1 amide bonds. The van der Waals surface area contributed by atoms with Gasteiger partial charge in [0.25, 0.3) is 0 Å². The first-order valence-corrected chi connectivity index (χ1v) is 6.89. The van der Waals surface area contributed by atoms with E-state index in [1.807, 2.05) is 0 Å². The molecule has 1 aliphatic carbocycles. The molecule has 6 heteroatoms. The van der Waals surface area contributed by atoms with Gasteiger partial charge in [0.2, 0.25) is 5.91 Å². The number of carboxylic acids is 2. The van der Waals surface area contributed by atoms with Crippen LogP contribution >= 0.6 is 0 Å². The second kappa shape index (κ2) is 6.43. The van der Waals surface area contributed by atoms with Crippen LogP contribution in [0.5, 0.6) is 0 Å². The summed E-state index contributed by atoms with van der Waals surface area (Å²) in [6.07, 6.45) is 4.10. The fourth-order valence-corrected chi connectivity index (χ4v) is 2.52. The molecule has 0 fully saturated rings. The molecule has 0 spiro atoms. The van der Waals surface area contributed by atoms with Crippen LogP contribution in [0.1, 0.15) is 28.8 Å². The van der Waals surface area contributed by atoms with Crippen molar-refractivity contribution in [2.75, 3.05) is 5.32 Å². The number of carbonyl (C=O) groups is 3. The molecule has 0 aromatic heterocycles. The molecule has 22 heavy (non-hydrogen) atoms. The Morgan fingerprint density at radius 3 is 2.27 bits per heavy atom. The summed E-state index contributed by atoms with van der Waals surface area (Å²) in [6.45, 7) is 1.65. The van der Waals surface area contributed by atoms with Crippen molar-refractivity contribution in [2.24, 2.45) is 11.8 Å². The molecular formula is C16H15NO5-2. The SMILES string of the molecule is Cc1cc(C(=O)[O-])ccc1NC(=O)[C@H]1CC=CC[C@H]1C(=O)[O-]. The number of amides is 1. The van der Waals surface area contributed by atoms with E-state index < -0.39 is 29.7 Å². The van der Waals surface area contributed by atoms with Crippen molar-refractivity contribution in [3.63, 3.8) is 0 Å². The fourth-order valence-electron chi connectivity index (χ4n) is 2.52. The number of nitrogens with one attached hydrogen (secondary N) is 1. The molecule has 1 aliphatic rings. The van der Waals surface area contributed by atoms with Crippen molar-refractivity contribution in [1.82, 2.24) is 0 Å². The molecule has 2 rings (SSSR count). The zero-order valence-corrected chi connectivity index (χ0v) is 12.0. The highest BCUT2D eigenvalue weighted by Gasteiger charge is 2.29. The normalized spacial score (nSPS) is 20.4. The molecule has 0 saturated carbocycles. The molecule has 0 aliphatic heterocycles. The van der Waals surface area contributed by atoms with Crippen LogP contribution in [0.3, 0.4) is 0 Å². The Labute approximate surface area is 127 Å². The Kier molecular flexibility index (Phi) is 4.60. The van der Waals surface area contributed by atoms with E-state index in [1.165, 1.54) is 18.2 Å². The molecule has 0 radical (unpaired) electrons. The largest absolute Gasteiger partial charge is 0.550 e. The minimum absolute atomic E-state index is 0.0173. The smallest absolute Gasteiger partial charge is 0.228 e. The molecule has 0 bridgehead atoms. The van der Waals surface area contributed by atoms with E-state index in [2.05, 4.69) is 5.32 Å². The lowest BCUT2D eigenvalue weighted by molar-refractivity contribution is -0.313. The molecule has 1 aromatic rings. The molecule has 6 nitrogen and oxygen atoms in total. The van der Waals surface area contributed by atoms with Crippen molar-refractivity contribution in [1.29, 1.82) is 0 Å². The van der Waals surface area contributed by atoms with Gasteiger partial charge in [-0.1, -0.05) is 18.2 Å². The first kappa shape index (κ1) is 15.8. The predicted octanol–water partition coefficient (Wildman–Crippen LogP) is -0.371. The van der Waals surface area contributed by atoms with Gasteiger partial charge in [0.15, 0.2) is 0 Å². The molecule has 1 N–H and O–H groups in total. The van der Waals surface area contributed by atoms with Crippen LogP contribution in [0, 0.1) is 18.8 Å². The average molecular weight is 301 g/mol. The minimum atomic E-state index is -1.30. The number of aromatic carboxylic acids is 1. The predicted molar refractivity (Wildman–Crippen MR) is 74.5 cm³/mol. The van der Waals surface area contributed by atoms with E-state index in [9.17, 15) is 24.6 Å². The summed E-state index contributed by atoms with van der Waals surface area (Å²) in [7, 11) is 0. The summed E-state index contributed by atoms with van der Waals surface area (Å²) in [5, 5.41) is 24.5. The number of carbonyl (C=O) groups excluding carboxylic acids is 3. The van der Waals surface area contributed by atoms with Crippen LogP contribution in [0.15, 0.2) is 30.4 Å². The van der Waals surface area contributed by atoms with Gasteiger partial charge in [0.05, 0.1) is 11.9 Å². The standard InChI is InChI=1S/C16H17NO5/c1-9-8-10(15(19)20)6-7-13(9)17-14(18)11-4-2-3-5-12(11)16(21)22/h2-3,6-8,11-12H,4-5H2,1H3,(H,17,18)(H,19,20)(H,21,22)/p-2/t11-,12+/m0/s1. The number of aliphatic carboxylic acids is 1. The third-order valence-electron chi connectivity index (χ3n) is 3.79. The quantitative estimate of drug-likeness (QED) is 0.763. The highest BCUT2D eigenvalue weighted by molar-refractivity contribution is 5.96. The lowest BCUT2D eigenvalue weighted by Gasteiger charge is -2.28. The van der Waals surface area contributed by atoms with Gasteiger partial charge in [-0.2, -0.15) is 0 Å². The van der Waals surface area contributed by atoms with Gasteiger partial charge in [-0.05, 0) is 43.0 Å². The van der Waals surface area contributed by atoms with Gasteiger partial charge < -0.3 is 25.1 Å². The maximum absolute atomic E-state index is 12.3. The van der Waals surface area contributed by atoms with Crippen molar-refractivity contribution < 1.29 is 24.6 Å². The zero-order chi connectivity index (χ0) is 16.3. The van der Waals surface area contributed by atoms with Crippen molar-refractivity contribution >= 4 is 23.5 Å². The van der Waals surface area contributed by atoms with E-state index >= 15 is 0 Å². The number of hydrogen-bond acceptors (Lipinski definition) is 5. The molecular weight excluding hydrogens is 286 g/mol. The number of rotatable bonds is 4. The summed E-state index contributed by atoms with van der Waals surface area (Å²) < 4.78 is 0. The minimum Gasteiger partial charge on any atom is -0.550 e. The number of benzene rings is 1. The van der Waals surface area contributed by atoms with Gasteiger partial charge in [0.1, 0.15) is 0 Å². The van der Waals surface area contributed by atoms with E-state index in [0.29, 0.717) is 17.7 Å². The molecule has 1 aromatic carbocycles. The maximum Gasteiger partial charge on any atom is 0.228 e. The van der Waals surface area contributed by atoms with E-state index in [1.54, 1.807) is 19.1 Å². The summed E-state index contributed by atoms with van der Waals surface area (Å²) in [4.78, 5) is 34.2. The van der Waals surface area contributed by atoms with Crippen LogP contribution in [0.2, 0.25) is 0 Å². The highest BCUT2D eigenvalue weighted by atomic mass is 16.4. The van der Waals surface area contributed by atoms with Gasteiger partial charge in [0, 0.05) is 17.6 Å². The van der Waals surface area contributed by atoms with Crippen LogP contribution in [-0.2, 0) is 9.59 Å². The molecule has 0 unspecified atom stereocenters. The van der Waals surface area contributed by atoms with Crippen LogP contribution < -0.4 is 15.5 Å². The first-order chi connectivity index (χ1) is 10.4. The van der Waals surface area contributed by atoms with Crippen molar-refractivity contribution in [2.45, 2.75) is 19.8 Å². The van der Waals surface area contributed by atoms with Crippen LogP contribution in [0.25, 0.3) is 0 Å². The number of hydrogen-bond donors (Lipinski definition) is 1. The Hall–Kier alpha value is -2.63. The van der Waals surface area contributed by atoms with Crippen LogP contribution in [-0.4, -0.2) is 17.8 Å². The number of carboxylic acid groups (broad SMARTS) is 2.